The van der Waals surface area contributed by atoms with E-state index in [1.807, 2.05) is 41.5 Å². The maximum atomic E-state index is 15.3. The Labute approximate surface area is 579 Å². The smallest absolute Gasteiger partial charge is 0.248 e. The standard InChI is InChI=1S/C70H126N12O15/c1-24-29-46(14)59(84)58-63(88)73-50(26-3)65(90)82(30-25-2)54(40-83)68(93)79(22)57(49(17)97-34-28-27-31-81-32-35-96-36-33-81)62(87)74-55(44(10)11)69(94)75(18)51(37-41(4)5)61(86)71-47(15)60(85)72-48(16)64(89)76(19)52(38-42(6)7)66(91)77(20)53(39-43(8)9)67(92)78(21)56(45(12)13)70(95)80(58)23/h24,29,41-59,83-84H,25-28,30-40H2,1-23H3,(H,71,86)(H,72,85)(H,73,88)(H,74,87)/b29-24+/t46-,47+,48-,49-,50+,51+,52+,53+,54-,55+,56+,57?,58+,59-/m1/s1. The molecule has 0 aliphatic carbocycles. The van der Waals surface area contributed by atoms with Crippen LogP contribution in [-0.2, 0) is 62.2 Å². The van der Waals surface area contributed by atoms with Crippen LogP contribution in [0.4, 0.5) is 0 Å². The van der Waals surface area contributed by atoms with Crippen LogP contribution in [0.1, 0.15) is 163 Å². The van der Waals surface area contributed by atoms with Gasteiger partial charge in [0.25, 0.3) is 0 Å². The first-order valence-electron chi connectivity index (χ1n) is 35.2. The van der Waals surface area contributed by atoms with E-state index in [-0.39, 0.29) is 63.0 Å². The first kappa shape index (κ1) is 86.8. The van der Waals surface area contributed by atoms with E-state index < -0.39 is 168 Å². The molecule has 556 valence electrons. The van der Waals surface area contributed by atoms with E-state index in [4.69, 9.17) is 9.47 Å². The third-order valence-corrected chi connectivity index (χ3v) is 18.6. The summed E-state index contributed by atoms with van der Waals surface area (Å²) in [5.41, 5.74) is 0. The molecule has 0 bridgehead atoms. The predicted octanol–water partition coefficient (Wildman–Crippen LogP) is 2.49. The number of likely N-dealkylation sites (N-methyl/N-ethyl adjacent to an activating group) is 6. The topological polar surface area (TPSA) is 321 Å². The predicted molar refractivity (Wildman–Crippen MR) is 372 cm³/mol. The molecule has 0 saturated carbocycles. The molecule has 2 rings (SSSR count). The van der Waals surface area contributed by atoms with Gasteiger partial charge in [-0.15, -0.1) is 0 Å². The molecular weight excluding hydrogens is 1250 g/mol. The number of aliphatic hydroxyl groups is 2. The van der Waals surface area contributed by atoms with Gasteiger partial charge in [-0.1, -0.05) is 102 Å². The van der Waals surface area contributed by atoms with Crippen molar-refractivity contribution < 1.29 is 72.4 Å². The molecule has 2 aliphatic rings. The highest BCUT2D eigenvalue weighted by Gasteiger charge is 2.47. The molecule has 0 aromatic rings. The van der Waals surface area contributed by atoms with Crippen LogP contribution in [0.5, 0.6) is 0 Å². The van der Waals surface area contributed by atoms with E-state index in [0.717, 1.165) is 40.8 Å². The number of hydrogen-bond acceptors (Lipinski definition) is 16. The Morgan fingerprint density at radius 1 is 0.515 bits per heavy atom. The number of ether oxygens (including phenoxy) is 2. The van der Waals surface area contributed by atoms with E-state index in [1.165, 1.54) is 75.7 Å². The van der Waals surface area contributed by atoms with Crippen molar-refractivity contribution in [1.82, 2.24) is 60.5 Å². The van der Waals surface area contributed by atoms with Crippen molar-refractivity contribution in [2.45, 2.75) is 241 Å². The fraction of sp³-hybridized carbons (Fsp3) is 0.814. The van der Waals surface area contributed by atoms with E-state index in [1.54, 1.807) is 74.5 Å². The Morgan fingerprint density at radius 2 is 0.990 bits per heavy atom. The first-order chi connectivity index (χ1) is 45.3. The molecule has 2 heterocycles. The van der Waals surface area contributed by atoms with Gasteiger partial charge in [-0.3, -0.25) is 57.6 Å². The zero-order valence-electron chi connectivity index (χ0n) is 63.0. The maximum Gasteiger partial charge on any atom is 0.248 e. The lowest BCUT2D eigenvalue weighted by Crippen LogP contribution is -2.65. The average molecular weight is 1380 g/mol. The summed E-state index contributed by atoms with van der Waals surface area (Å²) in [6.07, 6.45) is 2.50. The van der Waals surface area contributed by atoms with Crippen LogP contribution in [0.15, 0.2) is 12.2 Å². The Hall–Kier alpha value is -6.29. The quantitative estimate of drug-likeness (QED) is 0.0670. The Kier molecular flexibility index (Phi) is 37.0. The minimum atomic E-state index is -1.71. The summed E-state index contributed by atoms with van der Waals surface area (Å²) in [5.74, 6) is -10.9. The zero-order valence-corrected chi connectivity index (χ0v) is 63.0. The number of nitrogens with one attached hydrogen (secondary N) is 4. The lowest BCUT2D eigenvalue weighted by molar-refractivity contribution is -0.158. The van der Waals surface area contributed by atoms with Crippen molar-refractivity contribution in [1.29, 1.82) is 0 Å². The molecule has 0 aromatic heterocycles. The molecule has 0 spiro atoms. The number of morpholine rings is 1. The van der Waals surface area contributed by atoms with E-state index in [9.17, 15) is 29.4 Å². The monoisotopic (exact) mass is 1370 g/mol. The molecular formula is C70H126N12O15. The fourth-order valence-electron chi connectivity index (χ4n) is 12.7. The summed E-state index contributed by atoms with van der Waals surface area (Å²) in [7, 11) is 8.37. The second kappa shape index (κ2) is 41.3. The fourth-order valence-corrected chi connectivity index (χ4v) is 12.7. The summed E-state index contributed by atoms with van der Waals surface area (Å²) < 4.78 is 11.9. The van der Waals surface area contributed by atoms with Crippen molar-refractivity contribution in [2.24, 2.45) is 35.5 Å². The van der Waals surface area contributed by atoms with Crippen molar-refractivity contribution in [2.75, 3.05) is 94.9 Å². The molecule has 2 aliphatic heterocycles. The highest BCUT2D eigenvalue weighted by molar-refractivity contribution is 6.00. The molecule has 2 fully saturated rings. The number of rotatable bonds is 22. The Balaban J connectivity index is 3.09. The second-order valence-electron chi connectivity index (χ2n) is 28.7. The molecule has 6 N–H and O–H groups in total. The number of aliphatic hydroxyl groups excluding tert-OH is 2. The molecule has 2 saturated heterocycles. The third-order valence-electron chi connectivity index (χ3n) is 18.6. The van der Waals surface area contributed by atoms with Crippen LogP contribution in [0.3, 0.4) is 0 Å². The molecule has 1 unspecified atom stereocenters. The number of amides is 11. The van der Waals surface area contributed by atoms with Gasteiger partial charge < -0.3 is 75.3 Å². The molecule has 97 heavy (non-hydrogen) atoms. The molecule has 0 aromatic carbocycles. The van der Waals surface area contributed by atoms with Gasteiger partial charge in [0, 0.05) is 74.4 Å². The molecule has 27 nitrogen and oxygen atoms in total. The molecule has 27 heteroatoms. The lowest BCUT2D eigenvalue weighted by Gasteiger charge is -2.41. The number of carbonyl (C=O) groups excluding carboxylic acids is 11. The summed E-state index contributed by atoms with van der Waals surface area (Å²) in [5, 5.41) is 34.5. The van der Waals surface area contributed by atoms with Gasteiger partial charge >= 0.3 is 0 Å². The first-order valence-corrected chi connectivity index (χ1v) is 35.2. The summed E-state index contributed by atoms with van der Waals surface area (Å²) in [6.45, 7) is 31.8. The molecule has 14 atom stereocenters. The Bertz CT molecular complexity index is 2620. The van der Waals surface area contributed by atoms with Crippen molar-refractivity contribution >= 4 is 65.0 Å². The second-order valence-corrected chi connectivity index (χ2v) is 28.7. The number of nitrogens with zero attached hydrogens (tertiary/aromatic N) is 8. The number of carbonyl (C=O) groups is 11. The SMILES string of the molecule is C/C=C/[C@@H](C)[C@@H](O)[C@H]1C(=O)N[C@@H](CC)C(=O)N(CCC)[C@H](CO)C(=O)N(C)C([C@@H](C)OCCCCN2CCOCC2)C(=O)N[C@@H](C(C)C)C(=O)N(C)[C@@H](CC(C)C)C(=O)N[C@@H](C)C(=O)N[C@H](C)C(=O)N(C)[C@@H](CC(C)C)C(=O)N(C)[C@@H](CC(C)C)C(=O)N(C)[C@@H](C(C)C)C(=O)N1C. The number of unbranched alkanes of at least 4 members (excludes halogenated alkanes) is 1. The van der Waals surface area contributed by atoms with Gasteiger partial charge in [0.15, 0.2) is 0 Å². The average Bonchev–Trinajstić information content (AvgIpc) is 0.819. The Morgan fingerprint density at radius 3 is 1.48 bits per heavy atom. The number of allylic oxidation sites excluding steroid dienone is 1. The summed E-state index contributed by atoms with van der Waals surface area (Å²) in [4.78, 5) is 175. The van der Waals surface area contributed by atoms with Crippen LogP contribution in [-0.4, -0.2) is 288 Å². The highest BCUT2D eigenvalue weighted by Crippen LogP contribution is 2.26. The van der Waals surface area contributed by atoms with Crippen LogP contribution in [0, 0.1) is 35.5 Å². The van der Waals surface area contributed by atoms with Crippen LogP contribution >= 0.6 is 0 Å². The maximum absolute atomic E-state index is 15.3. The van der Waals surface area contributed by atoms with Gasteiger partial charge in [0.2, 0.25) is 65.0 Å². The minimum absolute atomic E-state index is 0.0809. The van der Waals surface area contributed by atoms with Crippen molar-refractivity contribution in [3.63, 3.8) is 0 Å². The molecule has 11 amide bonds. The summed E-state index contributed by atoms with van der Waals surface area (Å²) in [6, 6.07) is -15.0. The zero-order chi connectivity index (χ0) is 74.2. The van der Waals surface area contributed by atoms with Crippen molar-refractivity contribution in [3.8, 4) is 0 Å². The van der Waals surface area contributed by atoms with E-state index >= 15 is 33.6 Å². The van der Waals surface area contributed by atoms with Gasteiger partial charge in [0.05, 0.1) is 32.0 Å². The van der Waals surface area contributed by atoms with Gasteiger partial charge in [-0.25, -0.2) is 0 Å². The highest BCUT2D eigenvalue weighted by atomic mass is 16.5. The molecule has 0 radical (unpaired) electrons. The third kappa shape index (κ3) is 24.5. The van der Waals surface area contributed by atoms with Gasteiger partial charge in [-0.05, 0) is 109 Å². The number of hydrogen-bond donors (Lipinski definition) is 6. The van der Waals surface area contributed by atoms with Crippen LogP contribution in [0.2, 0.25) is 0 Å². The van der Waals surface area contributed by atoms with Crippen LogP contribution < -0.4 is 21.3 Å². The normalized spacial score (nSPS) is 27.3. The van der Waals surface area contributed by atoms with E-state index in [2.05, 4.69) is 26.2 Å². The lowest BCUT2D eigenvalue weighted by atomic mass is 9.93. The largest absolute Gasteiger partial charge is 0.394 e. The van der Waals surface area contributed by atoms with Gasteiger partial charge in [0.1, 0.15) is 66.5 Å². The van der Waals surface area contributed by atoms with Crippen molar-refractivity contribution in [3.05, 3.63) is 12.2 Å². The summed E-state index contributed by atoms with van der Waals surface area (Å²) >= 11 is 0. The van der Waals surface area contributed by atoms with Crippen LogP contribution in [0.25, 0.3) is 0 Å². The minimum Gasteiger partial charge on any atom is -0.394 e. The van der Waals surface area contributed by atoms with Gasteiger partial charge in [-0.2, -0.15) is 0 Å². The van der Waals surface area contributed by atoms with E-state index in [0.29, 0.717) is 19.6 Å².